The molecule has 20 heavy (non-hydrogen) atoms. The normalized spacial score (nSPS) is 24.6. The molecule has 1 aliphatic heterocycles. The molecule has 2 aliphatic rings. The van der Waals surface area contributed by atoms with Crippen molar-refractivity contribution in [3.63, 3.8) is 0 Å². The maximum atomic E-state index is 12.9. The van der Waals surface area contributed by atoms with Gasteiger partial charge in [0, 0.05) is 18.5 Å². The molecule has 0 atom stereocenters. The van der Waals surface area contributed by atoms with Gasteiger partial charge in [-0.3, -0.25) is 4.79 Å². The summed E-state index contributed by atoms with van der Waals surface area (Å²) in [6.45, 7) is 3.77. The molecule has 0 unspecified atom stereocenters. The van der Waals surface area contributed by atoms with E-state index in [2.05, 4.69) is 18.1 Å². The number of nitrogens with zero attached hydrogens (tertiary/aromatic N) is 1. The van der Waals surface area contributed by atoms with Crippen LogP contribution in [-0.2, 0) is 4.79 Å². The fraction of sp³-hybridized carbons (Fsp3) is 0.867. The van der Waals surface area contributed by atoms with E-state index in [1.54, 1.807) is 11.8 Å². The predicted molar refractivity (Wildman–Crippen MR) is 90.0 cm³/mol. The van der Waals surface area contributed by atoms with E-state index in [4.69, 9.17) is 18.0 Å². The molecule has 1 heterocycles. The molecule has 0 aromatic heterocycles. The Bertz CT molecular complexity index is 383. The average molecular weight is 315 g/mol. The lowest BCUT2D eigenvalue weighted by Crippen LogP contribution is -2.53. The quantitative estimate of drug-likeness (QED) is 0.810. The first-order valence-corrected chi connectivity index (χ1v) is 9.27. The van der Waals surface area contributed by atoms with Gasteiger partial charge in [0.1, 0.15) is 0 Å². The zero-order valence-corrected chi connectivity index (χ0v) is 14.2. The monoisotopic (exact) mass is 314 g/mol. The highest BCUT2D eigenvalue weighted by Gasteiger charge is 2.45. The minimum atomic E-state index is -0.0961. The molecular formula is C15H26N2OS2. The number of carbonyl (C=O) groups excluding carboxylic acids is 1. The van der Waals surface area contributed by atoms with E-state index >= 15 is 0 Å². The number of nitrogens with two attached hydrogens (primary N) is 1. The number of rotatable bonds is 4. The summed E-state index contributed by atoms with van der Waals surface area (Å²) < 4.78 is -0.0961. The van der Waals surface area contributed by atoms with E-state index in [0.29, 0.717) is 10.9 Å². The Kier molecular flexibility index (Phi) is 5.00. The maximum absolute atomic E-state index is 12.9. The summed E-state index contributed by atoms with van der Waals surface area (Å²) in [5.41, 5.74) is 5.85. The Labute approximate surface area is 132 Å². The van der Waals surface area contributed by atoms with Crippen LogP contribution in [0.15, 0.2) is 0 Å². The fourth-order valence-electron chi connectivity index (χ4n) is 3.73. The highest BCUT2D eigenvalue weighted by atomic mass is 32.2. The van der Waals surface area contributed by atoms with Crippen LogP contribution >= 0.6 is 24.0 Å². The van der Waals surface area contributed by atoms with Crippen LogP contribution in [0.4, 0.5) is 0 Å². The van der Waals surface area contributed by atoms with E-state index in [1.165, 1.54) is 12.8 Å². The lowest BCUT2D eigenvalue weighted by molar-refractivity contribution is -0.143. The highest BCUT2D eigenvalue weighted by molar-refractivity contribution is 8.02. The lowest BCUT2D eigenvalue weighted by Gasteiger charge is -2.43. The molecule has 5 heteroatoms. The Morgan fingerprint density at radius 2 is 1.80 bits per heavy atom. The van der Waals surface area contributed by atoms with Gasteiger partial charge in [-0.1, -0.05) is 32.0 Å². The predicted octanol–water partition coefficient (Wildman–Crippen LogP) is 2.97. The number of thiocarbonyl (C=S) groups is 1. The number of amides is 1. The summed E-state index contributed by atoms with van der Waals surface area (Å²) in [5.74, 6) is 0.384. The molecule has 1 amide bonds. The third-order valence-corrected chi connectivity index (χ3v) is 7.32. The largest absolute Gasteiger partial charge is 0.392 e. The molecule has 0 spiro atoms. The number of piperidine rings is 1. The molecule has 114 valence electrons. The molecule has 0 radical (unpaired) electrons. The van der Waals surface area contributed by atoms with Gasteiger partial charge in [0.15, 0.2) is 0 Å². The Morgan fingerprint density at radius 1 is 1.25 bits per heavy atom. The molecule has 1 saturated heterocycles. The van der Waals surface area contributed by atoms with Gasteiger partial charge < -0.3 is 10.6 Å². The zero-order valence-electron chi connectivity index (χ0n) is 12.6. The van der Waals surface area contributed by atoms with Gasteiger partial charge in [-0.05, 0) is 38.4 Å². The summed E-state index contributed by atoms with van der Waals surface area (Å²) in [6, 6.07) is 0. The van der Waals surface area contributed by atoms with Crippen molar-refractivity contribution >= 4 is 34.9 Å². The van der Waals surface area contributed by atoms with Crippen LogP contribution in [-0.4, -0.2) is 39.9 Å². The summed E-state index contributed by atoms with van der Waals surface area (Å²) in [7, 11) is 0. The maximum Gasteiger partial charge on any atom is 0.228 e. The molecule has 2 N–H and O–H groups in total. The summed E-state index contributed by atoms with van der Waals surface area (Å²) in [6.07, 6.45) is 9.39. The Balaban J connectivity index is 2.03. The fourth-order valence-corrected chi connectivity index (χ4v) is 4.97. The van der Waals surface area contributed by atoms with Crippen LogP contribution in [0.2, 0.25) is 0 Å². The first-order valence-electron chi connectivity index (χ1n) is 7.64. The minimum absolute atomic E-state index is 0.0669. The molecule has 2 fully saturated rings. The van der Waals surface area contributed by atoms with Crippen LogP contribution in [0.3, 0.4) is 0 Å². The summed E-state index contributed by atoms with van der Waals surface area (Å²) in [4.78, 5) is 15.5. The second kappa shape index (κ2) is 6.22. The van der Waals surface area contributed by atoms with Crippen molar-refractivity contribution in [2.24, 2.45) is 11.1 Å². The SMILES string of the molecule is CCC1(C(=O)N2CCC(SC)(C(N)=S)CC2)CCCC1. The van der Waals surface area contributed by atoms with Gasteiger partial charge in [-0.2, -0.15) is 11.8 Å². The number of hydrogen-bond acceptors (Lipinski definition) is 3. The molecule has 0 aromatic carbocycles. The van der Waals surface area contributed by atoms with Crippen molar-refractivity contribution in [3.8, 4) is 0 Å². The third kappa shape index (κ3) is 2.71. The van der Waals surface area contributed by atoms with Crippen LogP contribution in [0.1, 0.15) is 51.9 Å². The topological polar surface area (TPSA) is 46.3 Å². The van der Waals surface area contributed by atoms with Gasteiger partial charge in [-0.15, -0.1) is 0 Å². The lowest BCUT2D eigenvalue weighted by atomic mass is 9.81. The van der Waals surface area contributed by atoms with Gasteiger partial charge in [0.05, 0.1) is 9.74 Å². The minimum Gasteiger partial charge on any atom is -0.392 e. The Hall–Kier alpha value is -0.290. The van der Waals surface area contributed by atoms with Crippen LogP contribution in [0.5, 0.6) is 0 Å². The molecule has 2 rings (SSSR count). The van der Waals surface area contributed by atoms with Crippen molar-refractivity contribution in [2.75, 3.05) is 19.3 Å². The Morgan fingerprint density at radius 3 is 2.20 bits per heavy atom. The molecular weight excluding hydrogens is 288 g/mol. The molecule has 0 bridgehead atoms. The van der Waals surface area contributed by atoms with Crippen molar-refractivity contribution < 1.29 is 4.79 Å². The number of likely N-dealkylation sites (tertiary alicyclic amines) is 1. The second-order valence-electron chi connectivity index (χ2n) is 6.20. The van der Waals surface area contributed by atoms with Crippen molar-refractivity contribution in [3.05, 3.63) is 0 Å². The molecule has 1 saturated carbocycles. The standard InChI is InChI=1S/C15H26N2OS2/c1-3-14(6-4-5-7-14)13(18)17-10-8-15(20-2,9-11-17)12(16)19/h3-11H2,1-2H3,(H2,16,19). The smallest absolute Gasteiger partial charge is 0.228 e. The van der Waals surface area contributed by atoms with Crippen molar-refractivity contribution in [1.82, 2.24) is 4.90 Å². The van der Waals surface area contributed by atoms with Crippen LogP contribution in [0, 0.1) is 5.41 Å². The van der Waals surface area contributed by atoms with E-state index in [9.17, 15) is 4.79 Å². The van der Waals surface area contributed by atoms with E-state index in [0.717, 1.165) is 45.2 Å². The molecule has 3 nitrogen and oxygen atoms in total. The molecule has 0 aromatic rings. The zero-order chi connectivity index (χ0) is 14.8. The van der Waals surface area contributed by atoms with E-state index in [-0.39, 0.29) is 10.2 Å². The van der Waals surface area contributed by atoms with Gasteiger partial charge in [0.2, 0.25) is 5.91 Å². The average Bonchev–Trinajstić information content (AvgIpc) is 2.96. The molecule has 1 aliphatic carbocycles. The van der Waals surface area contributed by atoms with Gasteiger partial charge >= 0.3 is 0 Å². The third-order valence-electron chi connectivity index (χ3n) is 5.39. The van der Waals surface area contributed by atoms with Crippen molar-refractivity contribution in [2.45, 2.75) is 56.6 Å². The van der Waals surface area contributed by atoms with Crippen LogP contribution < -0.4 is 5.73 Å². The number of thioether (sulfide) groups is 1. The second-order valence-corrected chi connectivity index (χ2v) is 7.83. The van der Waals surface area contributed by atoms with Crippen LogP contribution in [0.25, 0.3) is 0 Å². The van der Waals surface area contributed by atoms with E-state index in [1.807, 2.05) is 0 Å². The van der Waals surface area contributed by atoms with Gasteiger partial charge in [0.25, 0.3) is 0 Å². The first-order chi connectivity index (χ1) is 9.49. The number of hydrogen-bond donors (Lipinski definition) is 1. The van der Waals surface area contributed by atoms with Crippen molar-refractivity contribution in [1.29, 1.82) is 0 Å². The highest BCUT2D eigenvalue weighted by Crippen LogP contribution is 2.44. The van der Waals surface area contributed by atoms with Gasteiger partial charge in [-0.25, -0.2) is 0 Å². The number of carbonyl (C=O) groups is 1. The summed E-state index contributed by atoms with van der Waals surface area (Å²) >= 11 is 6.98. The summed E-state index contributed by atoms with van der Waals surface area (Å²) in [5, 5.41) is 0. The van der Waals surface area contributed by atoms with E-state index < -0.39 is 0 Å². The first kappa shape index (κ1) is 16.1.